The van der Waals surface area contributed by atoms with E-state index >= 15 is 0 Å². The SMILES string of the molecule is N/C(=N/O)c1cccc(CN2CCCC(CCO)C2)c1F. The van der Waals surface area contributed by atoms with Gasteiger partial charge in [0.25, 0.3) is 0 Å². The van der Waals surface area contributed by atoms with E-state index in [1.165, 1.54) is 6.07 Å². The maximum Gasteiger partial charge on any atom is 0.173 e. The average molecular weight is 295 g/mol. The van der Waals surface area contributed by atoms with E-state index in [0.29, 0.717) is 18.0 Å². The minimum atomic E-state index is -0.433. The number of oxime groups is 1. The molecule has 0 bridgehead atoms. The second-order valence-electron chi connectivity index (χ2n) is 5.52. The van der Waals surface area contributed by atoms with Gasteiger partial charge in [-0.2, -0.15) is 0 Å². The zero-order valence-corrected chi connectivity index (χ0v) is 12.0. The van der Waals surface area contributed by atoms with Crippen LogP contribution in [0.1, 0.15) is 30.4 Å². The van der Waals surface area contributed by atoms with Crippen LogP contribution >= 0.6 is 0 Å². The number of hydrogen-bond donors (Lipinski definition) is 3. The van der Waals surface area contributed by atoms with Crippen LogP contribution in [0, 0.1) is 11.7 Å². The highest BCUT2D eigenvalue weighted by Gasteiger charge is 2.21. The van der Waals surface area contributed by atoms with Gasteiger partial charge in [0.1, 0.15) is 5.82 Å². The first-order valence-corrected chi connectivity index (χ1v) is 7.24. The van der Waals surface area contributed by atoms with Gasteiger partial charge in [0.15, 0.2) is 5.84 Å². The average Bonchev–Trinajstić information content (AvgIpc) is 2.49. The van der Waals surface area contributed by atoms with Gasteiger partial charge in [-0.05, 0) is 37.8 Å². The van der Waals surface area contributed by atoms with Gasteiger partial charge >= 0.3 is 0 Å². The first-order chi connectivity index (χ1) is 10.2. The summed E-state index contributed by atoms with van der Waals surface area (Å²) in [6.07, 6.45) is 2.97. The molecule has 1 saturated heterocycles. The summed E-state index contributed by atoms with van der Waals surface area (Å²) in [5.74, 6) is -0.178. The van der Waals surface area contributed by atoms with Crippen molar-refractivity contribution in [3.8, 4) is 0 Å². The summed E-state index contributed by atoms with van der Waals surface area (Å²) in [6.45, 7) is 2.50. The molecule has 1 aromatic rings. The molecule has 1 heterocycles. The minimum absolute atomic E-state index is 0.124. The van der Waals surface area contributed by atoms with Crippen molar-refractivity contribution in [1.29, 1.82) is 0 Å². The molecule has 2 rings (SSSR count). The number of rotatable bonds is 5. The number of halogens is 1. The van der Waals surface area contributed by atoms with Crippen LogP contribution in [0.5, 0.6) is 0 Å². The third-order valence-electron chi connectivity index (χ3n) is 4.00. The van der Waals surface area contributed by atoms with E-state index in [-0.39, 0.29) is 18.0 Å². The molecule has 0 aromatic heterocycles. The molecule has 1 atom stereocenters. The van der Waals surface area contributed by atoms with Crippen LogP contribution in [-0.2, 0) is 6.54 Å². The normalized spacial score (nSPS) is 20.7. The summed E-state index contributed by atoms with van der Waals surface area (Å²) in [5.41, 5.74) is 6.15. The number of amidine groups is 1. The molecule has 5 nitrogen and oxygen atoms in total. The summed E-state index contributed by atoms with van der Waals surface area (Å²) in [5, 5.41) is 20.6. The van der Waals surface area contributed by atoms with Crippen molar-refractivity contribution >= 4 is 5.84 Å². The number of likely N-dealkylation sites (tertiary alicyclic amines) is 1. The van der Waals surface area contributed by atoms with E-state index in [1.54, 1.807) is 12.1 Å². The molecular formula is C15H22FN3O2. The lowest BCUT2D eigenvalue weighted by atomic mass is 9.94. The molecule has 0 spiro atoms. The summed E-state index contributed by atoms with van der Waals surface area (Å²) in [7, 11) is 0. The zero-order chi connectivity index (χ0) is 15.2. The van der Waals surface area contributed by atoms with E-state index in [2.05, 4.69) is 10.1 Å². The van der Waals surface area contributed by atoms with Gasteiger partial charge in [-0.3, -0.25) is 4.90 Å². The molecule has 0 radical (unpaired) electrons. The third kappa shape index (κ3) is 3.92. The lowest BCUT2D eigenvalue weighted by Crippen LogP contribution is -2.35. The Morgan fingerprint density at radius 2 is 2.29 bits per heavy atom. The van der Waals surface area contributed by atoms with E-state index in [0.717, 1.165) is 32.4 Å². The highest BCUT2D eigenvalue weighted by molar-refractivity contribution is 5.97. The summed E-state index contributed by atoms with van der Waals surface area (Å²) >= 11 is 0. The first kappa shape index (κ1) is 15.7. The van der Waals surface area contributed by atoms with Crippen LogP contribution in [-0.4, -0.2) is 40.7 Å². The summed E-state index contributed by atoms with van der Waals surface area (Å²) in [4.78, 5) is 2.19. The topological polar surface area (TPSA) is 82.1 Å². The highest BCUT2D eigenvalue weighted by atomic mass is 19.1. The molecule has 0 amide bonds. The van der Waals surface area contributed by atoms with Gasteiger partial charge < -0.3 is 16.0 Å². The number of nitrogens with two attached hydrogens (primary N) is 1. The van der Waals surface area contributed by atoms with E-state index in [1.807, 2.05) is 0 Å². The molecule has 1 aliphatic rings. The standard InChI is InChI=1S/C15H22FN3O2/c16-14-12(4-1-5-13(14)15(17)18-21)10-19-7-2-3-11(9-19)6-8-20/h1,4-5,11,20-21H,2-3,6-10H2,(H2,17,18). The van der Waals surface area contributed by atoms with Gasteiger partial charge in [-0.15, -0.1) is 0 Å². The summed E-state index contributed by atoms with van der Waals surface area (Å²) < 4.78 is 14.4. The molecule has 1 aliphatic heterocycles. The van der Waals surface area contributed by atoms with Crippen LogP contribution in [0.15, 0.2) is 23.4 Å². The Balaban J connectivity index is 2.09. The fourth-order valence-corrected chi connectivity index (χ4v) is 2.91. The smallest absolute Gasteiger partial charge is 0.173 e. The molecule has 0 saturated carbocycles. The number of aliphatic hydroxyl groups excluding tert-OH is 1. The first-order valence-electron chi connectivity index (χ1n) is 7.24. The molecule has 116 valence electrons. The molecule has 4 N–H and O–H groups in total. The maximum atomic E-state index is 14.4. The van der Waals surface area contributed by atoms with Crippen LogP contribution in [0.25, 0.3) is 0 Å². The highest BCUT2D eigenvalue weighted by Crippen LogP contribution is 2.22. The van der Waals surface area contributed by atoms with E-state index in [9.17, 15) is 4.39 Å². The number of piperidine rings is 1. The molecule has 1 unspecified atom stereocenters. The second-order valence-corrected chi connectivity index (χ2v) is 5.52. The van der Waals surface area contributed by atoms with Crippen molar-refractivity contribution in [2.45, 2.75) is 25.8 Å². The van der Waals surface area contributed by atoms with Crippen molar-refractivity contribution in [3.05, 3.63) is 35.1 Å². The molecule has 1 fully saturated rings. The van der Waals surface area contributed by atoms with Gasteiger partial charge in [0.2, 0.25) is 0 Å². The lowest BCUT2D eigenvalue weighted by molar-refractivity contribution is 0.141. The Labute approximate surface area is 123 Å². The van der Waals surface area contributed by atoms with Crippen molar-refractivity contribution in [2.24, 2.45) is 16.8 Å². The van der Waals surface area contributed by atoms with E-state index < -0.39 is 5.82 Å². The van der Waals surface area contributed by atoms with Gasteiger partial charge in [0.05, 0.1) is 5.56 Å². The molecule has 6 heteroatoms. The van der Waals surface area contributed by atoms with Crippen LogP contribution in [0.2, 0.25) is 0 Å². The van der Waals surface area contributed by atoms with Crippen LogP contribution < -0.4 is 5.73 Å². The molecule has 1 aromatic carbocycles. The largest absolute Gasteiger partial charge is 0.409 e. The number of hydrogen-bond acceptors (Lipinski definition) is 4. The Morgan fingerprint density at radius 1 is 1.48 bits per heavy atom. The monoisotopic (exact) mass is 295 g/mol. The van der Waals surface area contributed by atoms with Gasteiger partial charge in [-0.1, -0.05) is 17.3 Å². The van der Waals surface area contributed by atoms with Crippen LogP contribution in [0.3, 0.4) is 0 Å². The Bertz CT molecular complexity index is 506. The van der Waals surface area contributed by atoms with Crippen molar-refractivity contribution < 1.29 is 14.7 Å². The molecule has 0 aliphatic carbocycles. The molecule has 21 heavy (non-hydrogen) atoms. The Hall–Kier alpha value is -1.66. The minimum Gasteiger partial charge on any atom is -0.409 e. The Kier molecular flexibility index (Phi) is 5.52. The third-order valence-corrected chi connectivity index (χ3v) is 4.00. The van der Waals surface area contributed by atoms with Crippen LogP contribution in [0.4, 0.5) is 4.39 Å². The maximum absolute atomic E-state index is 14.4. The van der Waals surface area contributed by atoms with Crippen molar-refractivity contribution in [3.63, 3.8) is 0 Å². The predicted octanol–water partition coefficient (Wildman–Crippen LogP) is 1.51. The number of benzene rings is 1. The van der Waals surface area contributed by atoms with Gasteiger partial charge in [-0.25, -0.2) is 4.39 Å². The second kappa shape index (κ2) is 7.38. The fraction of sp³-hybridized carbons (Fsp3) is 0.533. The van der Waals surface area contributed by atoms with Gasteiger partial charge in [0, 0.05) is 25.3 Å². The van der Waals surface area contributed by atoms with E-state index in [4.69, 9.17) is 16.0 Å². The zero-order valence-electron chi connectivity index (χ0n) is 12.0. The predicted molar refractivity (Wildman–Crippen MR) is 78.6 cm³/mol. The molecular weight excluding hydrogens is 273 g/mol. The summed E-state index contributed by atoms with van der Waals surface area (Å²) in [6, 6.07) is 4.93. The number of nitrogens with zero attached hydrogens (tertiary/aromatic N) is 2. The lowest BCUT2D eigenvalue weighted by Gasteiger charge is -2.32. The Morgan fingerprint density at radius 3 is 3.00 bits per heavy atom. The van der Waals surface area contributed by atoms with Crippen molar-refractivity contribution in [1.82, 2.24) is 4.90 Å². The van der Waals surface area contributed by atoms with Crippen molar-refractivity contribution in [2.75, 3.05) is 19.7 Å². The number of aliphatic hydroxyl groups is 1. The fourth-order valence-electron chi connectivity index (χ4n) is 2.91. The quantitative estimate of drug-likeness (QED) is 0.333.